The summed E-state index contributed by atoms with van der Waals surface area (Å²) in [6.07, 6.45) is 1.40. The van der Waals surface area contributed by atoms with Gasteiger partial charge in [0.2, 0.25) is 0 Å². The van der Waals surface area contributed by atoms with Gasteiger partial charge in [-0.3, -0.25) is 4.79 Å². The molecule has 0 saturated heterocycles. The van der Waals surface area contributed by atoms with E-state index >= 15 is 0 Å². The lowest BCUT2D eigenvalue weighted by Crippen LogP contribution is -2.32. The smallest absolute Gasteiger partial charge is 0.322 e. The molecule has 1 unspecified atom stereocenters. The molecule has 2 N–H and O–H groups in total. The average Bonchev–Trinajstić information content (AvgIpc) is 2.28. The Morgan fingerprint density at radius 1 is 1.44 bits per heavy atom. The van der Waals surface area contributed by atoms with Crippen molar-refractivity contribution in [1.29, 1.82) is 0 Å². The number of nitrogens with two attached hydrogens (primary N) is 1. The maximum Gasteiger partial charge on any atom is 0.322 e. The molecule has 1 aromatic rings. The topological polar surface area (TPSA) is 52.3 Å². The first kappa shape index (κ1) is 13.2. The number of esters is 1. The van der Waals surface area contributed by atoms with Crippen molar-refractivity contribution in [2.75, 3.05) is 6.61 Å². The Balaban J connectivity index is 2.39. The Bertz CT molecular complexity index is 337. The maximum atomic E-state index is 11.3. The molecule has 16 heavy (non-hydrogen) atoms. The Labute approximate surface area is 104 Å². The molecule has 3 nitrogen and oxygen atoms in total. The van der Waals surface area contributed by atoms with Gasteiger partial charge in [-0.1, -0.05) is 28.1 Å². The van der Waals surface area contributed by atoms with E-state index in [0.29, 0.717) is 13.0 Å². The van der Waals surface area contributed by atoms with Gasteiger partial charge in [0.15, 0.2) is 0 Å². The minimum absolute atomic E-state index is 0.320. The fraction of sp³-hybridized carbons (Fsp3) is 0.417. The molecule has 0 aliphatic rings. The molecule has 1 aromatic carbocycles. The summed E-state index contributed by atoms with van der Waals surface area (Å²) >= 11 is 3.37. The summed E-state index contributed by atoms with van der Waals surface area (Å²) in [6, 6.07) is 7.46. The third kappa shape index (κ3) is 4.33. The van der Waals surface area contributed by atoms with Crippen LogP contribution in [0.5, 0.6) is 0 Å². The van der Waals surface area contributed by atoms with Crippen LogP contribution in [0, 0.1) is 0 Å². The first-order valence-corrected chi connectivity index (χ1v) is 6.09. The molecule has 0 aliphatic heterocycles. The normalized spacial score (nSPS) is 12.2. The van der Waals surface area contributed by atoms with Crippen LogP contribution in [0.2, 0.25) is 0 Å². The number of rotatable bonds is 5. The van der Waals surface area contributed by atoms with Crippen molar-refractivity contribution in [3.8, 4) is 0 Å². The summed E-state index contributed by atoms with van der Waals surface area (Å²) < 4.78 is 5.89. The predicted octanol–water partition coefficient (Wildman–Crippen LogP) is 2.27. The molecule has 1 rings (SSSR count). The standard InChI is InChI=1S/C12H16BrNO2/c1-2-16-12(15)11(14)8-5-9-3-6-10(13)7-4-9/h3-4,6-7,11H,2,5,8,14H2,1H3. The second-order valence-electron chi connectivity index (χ2n) is 3.52. The van der Waals surface area contributed by atoms with Gasteiger partial charge in [-0.05, 0) is 37.5 Å². The molecule has 4 heteroatoms. The molecule has 0 bridgehead atoms. The third-order valence-electron chi connectivity index (χ3n) is 2.25. The molecule has 0 heterocycles. The fourth-order valence-corrected chi connectivity index (χ4v) is 1.60. The number of hydrogen-bond acceptors (Lipinski definition) is 3. The SMILES string of the molecule is CCOC(=O)C(N)CCc1ccc(Br)cc1. The Morgan fingerprint density at radius 3 is 2.62 bits per heavy atom. The molecule has 0 amide bonds. The van der Waals surface area contributed by atoms with Crippen LogP contribution in [-0.2, 0) is 16.0 Å². The molecule has 0 radical (unpaired) electrons. The zero-order valence-corrected chi connectivity index (χ0v) is 10.9. The molecular formula is C12H16BrNO2. The highest BCUT2D eigenvalue weighted by atomic mass is 79.9. The van der Waals surface area contributed by atoms with Gasteiger partial charge in [-0.15, -0.1) is 0 Å². The van der Waals surface area contributed by atoms with E-state index in [4.69, 9.17) is 10.5 Å². The maximum absolute atomic E-state index is 11.3. The van der Waals surface area contributed by atoms with Crippen LogP contribution in [-0.4, -0.2) is 18.6 Å². The number of halogens is 1. The molecule has 0 aromatic heterocycles. The summed E-state index contributed by atoms with van der Waals surface area (Å²) in [5.74, 6) is -0.320. The van der Waals surface area contributed by atoms with Crippen molar-refractivity contribution in [1.82, 2.24) is 0 Å². The number of carbonyl (C=O) groups excluding carboxylic acids is 1. The van der Waals surface area contributed by atoms with Crippen molar-refractivity contribution in [2.45, 2.75) is 25.8 Å². The molecule has 0 spiro atoms. The van der Waals surface area contributed by atoms with E-state index in [1.54, 1.807) is 6.92 Å². The van der Waals surface area contributed by atoms with Crippen molar-refractivity contribution in [3.05, 3.63) is 34.3 Å². The van der Waals surface area contributed by atoms with Crippen LogP contribution in [0.25, 0.3) is 0 Å². The fourth-order valence-electron chi connectivity index (χ4n) is 1.34. The van der Waals surface area contributed by atoms with Gasteiger partial charge in [0.1, 0.15) is 6.04 Å². The van der Waals surface area contributed by atoms with Gasteiger partial charge in [-0.25, -0.2) is 0 Å². The van der Waals surface area contributed by atoms with E-state index < -0.39 is 6.04 Å². The minimum Gasteiger partial charge on any atom is -0.465 e. The van der Waals surface area contributed by atoms with Crippen LogP contribution in [0.4, 0.5) is 0 Å². The molecule has 88 valence electrons. The first-order valence-electron chi connectivity index (χ1n) is 5.30. The number of benzene rings is 1. The quantitative estimate of drug-likeness (QED) is 0.845. The third-order valence-corrected chi connectivity index (χ3v) is 2.78. The zero-order chi connectivity index (χ0) is 12.0. The van der Waals surface area contributed by atoms with Crippen molar-refractivity contribution < 1.29 is 9.53 Å². The monoisotopic (exact) mass is 285 g/mol. The van der Waals surface area contributed by atoms with E-state index in [-0.39, 0.29) is 5.97 Å². The van der Waals surface area contributed by atoms with Crippen LogP contribution in [0.15, 0.2) is 28.7 Å². The molecule has 1 atom stereocenters. The number of ether oxygens (including phenoxy) is 1. The largest absolute Gasteiger partial charge is 0.465 e. The lowest BCUT2D eigenvalue weighted by molar-refractivity contribution is -0.144. The first-order chi connectivity index (χ1) is 7.63. The second kappa shape index (κ2) is 6.66. The molecule has 0 saturated carbocycles. The van der Waals surface area contributed by atoms with E-state index in [2.05, 4.69) is 15.9 Å². The summed E-state index contributed by atoms with van der Waals surface area (Å²) in [7, 11) is 0. The van der Waals surface area contributed by atoms with E-state index in [1.807, 2.05) is 24.3 Å². The molecule has 0 fully saturated rings. The number of aryl methyl sites for hydroxylation is 1. The summed E-state index contributed by atoms with van der Waals surface area (Å²) in [6.45, 7) is 2.16. The predicted molar refractivity (Wildman–Crippen MR) is 67.1 cm³/mol. The highest BCUT2D eigenvalue weighted by Crippen LogP contribution is 2.12. The van der Waals surface area contributed by atoms with E-state index in [9.17, 15) is 4.79 Å². The highest BCUT2D eigenvalue weighted by molar-refractivity contribution is 9.10. The summed E-state index contributed by atoms with van der Waals surface area (Å²) in [5, 5.41) is 0. The number of carbonyl (C=O) groups is 1. The van der Waals surface area contributed by atoms with Gasteiger partial charge in [0.25, 0.3) is 0 Å². The average molecular weight is 286 g/mol. The number of hydrogen-bond donors (Lipinski definition) is 1. The Morgan fingerprint density at radius 2 is 2.06 bits per heavy atom. The Hall–Kier alpha value is -0.870. The van der Waals surface area contributed by atoms with Gasteiger partial charge in [-0.2, -0.15) is 0 Å². The van der Waals surface area contributed by atoms with E-state index in [0.717, 1.165) is 10.9 Å². The van der Waals surface area contributed by atoms with Crippen LogP contribution >= 0.6 is 15.9 Å². The Kier molecular flexibility index (Phi) is 5.49. The van der Waals surface area contributed by atoms with Crippen LogP contribution in [0.1, 0.15) is 18.9 Å². The zero-order valence-electron chi connectivity index (χ0n) is 9.28. The van der Waals surface area contributed by atoms with E-state index in [1.165, 1.54) is 5.56 Å². The lowest BCUT2D eigenvalue weighted by Gasteiger charge is -2.10. The van der Waals surface area contributed by atoms with Crippen molar-refractivity contribution in [3.63, 3.8) is 0 Å². The lowest BCUT2D eigenvalue weighted by atomic mass is 10.1. The van der Waals surface area contributed by atoms with Gasteiger partial charge in [0, 0.05) is 4.47 Å². The molecule has 0 aliphatic carbocycles. The van der Waals surface area contributed by atoms with Gasteiger partial charge in [0.05, 0.1) is 6.61 Å². The molecular weight excluding hydrogens is 270 g/mol. The highest BCUT2D eigenvalue weighted by Gasteiger charge is 2.13. The summed E-state index contributed by atoms with van der Waals surface area (Å²) in [4.78, 5) is 11.3. The summed E-state index contributed by atoms with van der Waals surface area (Å²) in [5.41, 5.74) is 6.87. The van der Waals surface area contributed by atoms with Gasteiger partial charge < -0.3 is 10.5 Å². The minimum atomic E-state index is -0.524. The van der Waals surface area contributed by atoms with Crippen molar-refractivity contribution >= 4 is 21.9 Å². The van der Waals surface area contributed by atoms with Crippen LogP contribution < -0.4 is 5.73 Å². The van der Waals surface area contributed by atoms with Gasteiger partial charge >= 0.3 is 5.97 Å². The van der Waals surface area contributed by atoms with Crippen molar-refractivity contribution in [2.24, 2.45) is 5.73 Å². The van der Waals surface area contributed by atoms with Crippen LogP contribution in [0.3, 0.4) is 0 Å². The second-order valence-corrected chi connectivity index (χ2v) is 4.44.